The maximum atomic E-state index is 12.6. The molecule has 0 unspecified atom stereocenters. The summed E-state index contributed by atoms with van der Waals surface area (Å²) in [5, 5.41) is 1.83. The van der Waals surface area contributed by atoms with E-state index in [1.165, 1.54) is 32.5 Å². The number of rotatable bonds is 3. The molecular weight excluding hydrogens is 336 g/mol. The van der Waals surface area contributed by atoms with E-state index in [-0.39, 0.29) is 10.6 Å². The molecule has 0 saturated carbocycles. The molecule has 124 valence electrons. The molecule has 0 radical (unpaired) electrons. The summed E-state index contributed by atoms with van der Waals surface area (Å²) in [7, 11) is -0.0727. The number of carbonyl (C=O) groups is 1. The molecule has 3 heterocycles. The normalized spacial score (nSPS) is 17.0. The van der Waals surface area contributed by atoms with Gasteiger partial charge in [-0.3, -0.25) is 4.79 Å². The van der Waals surface area contributed by atoms with Gasteiger partial charge < -0.3 is 9.13 Å². The van der Waals surface area contributed by atoms with Gasteiger partial charge in [0, 0.05) is 45.0 Å². The van der Waals surface area contributed by atoms with Crippen molar-refractivity contribution in [3.8, 4) is 0 Å². The van der Waals surface area contributed by atoms with E-state index >= 15 is 0 Å². The Kier molecular flexibility index (Phi) is 4.26. The highest BCUT2D eigenvalue weighted by atomic mass is 32.2. The molecule has 0 aliphatic carbocycles. The molecule has 1 fully saturated rings. The number of hydrogen-bond donors (Lipinski definition) is 0. The van der Waals surface area contributed by atoms with Gasteiger partial charge in [0.15, 0.2) is 4.80 Å². The minimum absolute atomic E-state index is 0.149. The molecule has 23 heavy (non-hydrogen) atoms. The Morgan fingerprint density at radius 2 is 1.91 bits per heavy atom. The van der Waals surface area contributed by atoms with Crippen LogP contribution in [0.25, 0.3) is 0 Å². The third-order valence-electron chi connectivity index (χ3n) is 3.86. The summed E-state index contributed by atoms with van der Waals surface area (Å²) < 4.78 is 29.8. The van der Waals surface area contributed by atoms with Crippen molar-refractivity contribution in [1.29, 1.82) is 0 Å². The number of amides is 1. The average molecular weight is 354 g/mol. The summed E-state index contributed by atoms with van der Waals surface area (Å²) in [6.45, 7) is 1.08. The van der Waals surface area contributed by atoms with Crippen LogP contribution in [0.5, 0.6) is 0 Å². The van der Waals surface area contributed by atoms with Crippen LogP contribution in [0.15, 0.2) is 33.7 Å². The van der Waals surface area contributed by atoms with Crippen LogP contribution in [0, 0.1) is 0 Å². The van der Waals surface area contributed by atoms with Crippen LogP contribution in [0.3, 0.4) is 0 Å². The molecule has 2 aromatic rings. The van der Waals surface area contributed by atoms with Crippen molar-refractivity contribution in [3.05, 3.63) is 34.3 Å². The molecule has 3 rings (SSSR count). The molecule has 0 N–H and O–H groups in total. The third-order valence-corrected chi connectivity index (χ3v) is 6.57. The summed E-state index contributed by atoms with van der Waals surface area (Å²) in [6, 6.07) is 1.41. The van der Waals surface area contributed by atoms with Gasteiger partial charge in [0.05, 0.1) is 0 Å². The van der Waals surface area contributed by atoms with Crippen molar-refractivity contribution in [2.24, 2.45) is 19.1 Å². The lowest BCUT2D eigenvalue weighted by atomic mass is 10.4. The zero-order chi connectivity index (χ0) is 16.6. The number of carbonyl (C=O) groups excluding carboxylic acids is 1. The molecule has 0 aromatic carbocycles. The summed E-state index contributed by atoms with van der Waals surface area (Å²) >= 11 is 1.35. The second-order valence-electron chi connectivity index (χ2n) is 5.50. The first kappa shape index (κ1) is 16.2. The van der Waals surface area contributed by atoms with Gasteiger partial charge in [-0.15, -0.1) is 11.3 Å². The minimum Gasteiger partial charge on any atom is -0.345 e. The van der Waals surface area contributed by atoms with Gasteiger partial charge in [-0.2, -0.15) is 9.30 Å². The Morgan fingerprint density at radius 1 is 1.22 bits per heavy atom. The molecule has 0 spiro atoms. The van der Waals surface area contributed by atoms with Crippen molar-refractivity contribution < 1.29 is 13.2 Å². The molecule has 9 heteroatoms. The Morgan fingerprint density at radius 3 is 2.52 bits per heavy atom. The summed E-state index contributed by atoms with van der Waals surface area (Å²) in [5.41, 5.74) is 0.260. The number of thiazole rings is 1. The molecule has 0 bridgehead atoms. The predicted molar refractivity (Wildman–Crippen MR) is 86.6 cm³/mol. The topological polar surface area (TPSA) is 76.7 Å². The Hall–Kier alpha value is -1.71. The standard InChI is InChI=1S/C14H18N4O3S2/c1-16-7-8-22-14(16)15-13(19)12-9-11(10-17(12)2)23(20,21)18-5-3-4-6-18/h7-10H,3-6H2,1-2H3. The summed E-state index contributed by atoms with van der Waals surface area (Å²) in [5.74, 6) is -0.451. The highest BCUT2D eigenvalue weighted by molar-refractivity contribution is 7.89. The molecule has 0 atom stereocenters. The van der Waals surface area contributed by atoms with E-state index in [0.717, 1.165) is 12.8 Å². The van der Waals surface area contributed by atoms with Crippen LogP contribution in [0.2, 0.25) is 0 Å². The van der Waals surface area contributed by atoms with Crippen molar-refractivity contribution in [1.82, 2.24) is 13.4 Å². The highest BCUT2D eigenvalue weighted by Gasteiger charge is 2.29. The van der Waals surface area contributed by atoms with E-state index in [9.17, 15) is 13.2 Å². The van der Waals surface area contributed by atoms with Gasteiger partial charge in [0.2, 0.25) is 10.0 Å². The van der Waals surface area contributed by atoms with E-state index in [0.29, 0.717) is 17.9 Å². The fourth-order valence-electron chi connectivity index (χ4n) is 2.54. The first-order valence-electron chi connectivity index (χ1n) is 7.25. The minimum atomic E-state index is -3.53. The fraction of sp³-hybridized carbons (Fsp3) is 0.429. The molecule has 2 aromatic heterocycles. The van der Waals surface area contributed by atoms with Crippen LogP contribution < -0.4 is 4.80 Å². The number of aromatic nitrogens is 2. The van der Waals surface area contributed by atoms with Gasteiger partial charge in [0.25, 0.3) is 5.91 Å². The first-order chi connectivity index (χ1) is 10.9. The van der Waals surface area contributed by atoms with Crippen molar-refractivity contribution >= 4 is 27.3 Å². The maximum absolute atomic E-state index is 12.6. The Balaban J connectivity index is 1.95. The Labute approximate surface area is 138 Å². The fourth-order valence-corrected chi connectivity index (χ4v) is 4.86. The molecule has 1 aliphatic rings. The van der Waals surface area contributed by atoms with Crippen LogP contribution in [0.4, 0.5) is 0 Å². The van der Waals surface area contributed by atoms with Crippen molar-refractivity contribution in [2.75, 3.05) is 13.1 Å². The van der Waals surface area contributed by atoms with Gasteiger partial charge in [-0.1, -0.05) is 0 Å². The van der Waals surface area contributed by atoms with Crippen LogP contribution in [-0.4, -0.2) is 40.9 Å². The summed E-state index contributed by atoms with van der Waals surface area (Å²) in [6.07, 6.45) is 5.04. The number of aryl methyl sites for hydroxylation is 2. The maximum Gasteiger partial charge on any atom is 0.296 e. The van der Waals surface area contributed by atoms with Crippen LogP contribution >= 0.6 is 11.3 Å². The summed E-state index contributed by atoms with van der Waals surface area (Å²) in [4.78, 5) is 17.1. The quantitative estimate of drug-likeness (QED) is 0.823. The molecule has 1 amide bonds. The van der Waals surface area contributed by atoms with Crippen molar-refractivity contribution in [3.63, 3.8) is 0 Å². The van der Waals surface area contributed by atoms with E-state index in [1.54, 1.807) is 18.7 Å². The second-order valence-corrected chi connectivity index (χ2v) is 8.31. The van der Waals surface area contributed by atoms with Gasteiger partial charge in [-0.05, 0) is 18.9 Å². The van der Waals surface area contributed by atoms with E-state index in [4.69, 9.17) is 0 Å². The zero-order valence-electron chi connectivity index (χ0n) is 13.0. The molecule has 1 saturated heterocycles. The second kappa shape index (κ2) is 6.06. The van der Waals surface area contributed by atoms with Gasteiger partial charge in [0.1, 0.15) is 10.6 Å². The predicted octanol–water partition coefficient (Wildman–Crippen LogP) is 0.951. The van der Waals surface area contributed by atoms with E-state index in [2.05, 4.69) is 4.99 Å². The average Bonchev–Trinajstić information content (AvgIpc) is 3.20. The van der Waals surface area contributed by atoms with Gasteiger partial charge in [-0.25, -0.2) is 8.42 Å². The highest BCUT2D eigenvalue weighted by Crippen LogP contribution is 2.22. The smallest absolute Gasteiger partial charge is 0.296 e. The van der Waals surface area contributed by atoms with Crippen LogP contribution in [-0.2, 0) is 24.1 Å². The molecular formula is C14H18N4O3S2. The molecule has 7 nitrogen and oxygen atoms in total. The lowest BCUT2D eigenvalue weighted by molar-refractivity contribution is 0.0990. The molecule has 1 aliphatic heterocycles. The van der Waals surface area contributed by atoms with Crippen LogP contribution in [0.1, 0.15) is 23.3 Å². The monoisotopic (exact) mass is 354 g/mol. The number of hydrogen-bond acceptors (Lipinski definition) is 4. The van der Waals surface area contributed by atoms with E-state index in [1.807, 2.05) is 11.6 Å². The SMILES string of the molecule is Cn1cc(S(=O)(=O)N2CCCC2)cc1C(=O)N=c1sccn1C. The number of sulfonamides is 1. The van der Waals surface area contributed by atoms with Gasteiger partial charge >= 0.3 is 0 Å². The Bertz CT molecular complexity index is 899. The lowest BCUT2D eigenvalue weighted by Crippen LogP contribution is -2.27. The van der Waals surface area contributed by atoms with E-state index < -0.39 is 15.9 Å². The third kappa shape index (κ3) is 3.04. The largest absolute Gasteiger partial charge is 0.345 e. The van der Waals surface area contributed by atoms with Crippen molar-refractivity contribution in [2.45, 2.75) is 17.7 Å². The first-order valence-corrected chi connectivity index (χ1v) is 9.57. The number of nitrogens with zero attached hydrogens (tertiary/aromatic N) is 4. The lowest BCUT2D eigenvalue weighted by Gasteiger charge is -2.13. The zero-order valence-corrected chi connectivity index (χ0v) is 14.6.